The standard InChI is InChI=1S/C26H42O3/c1-17(29-15-14-24(2,3)28)21-8-9-22-20-7-6-18-16-19(27)10-12-25(18,4)23(20)11-13-26(21,22)5/h6-7,17,19,21-23,27-28H,8-16H2,1-5H3/t17-,19-,21+,22-,23-,25-,26+/m0/s1. The molecule has 0 aromatic heterocycles. The Morgan fingerprint density at radius 1 is 1.10 bits per heavy atom. The molecule has 0 saturated heterocycles. The molecule has 0 aromatic carbocycles. The molecule has 3 fully saturated rings. The maximum absolute atomic E-state index is 10.2. The van der Waals surface area contributed by atoms with E-state index in [1.54, 1.807) is 5.57 Å². The molecule has 0 bridgehead atoms. The van der Waals surface area contributed by atoms with Crippen LogP contribution in [0.1, 0.15) is 86.0 Å². The summed E-state index contributed by atoms with van der Waals surface area (Å²) in [6.07, 6.45) is 13.7. The molecular formula is C26H42O3. The van der Waals surface area contributed by atoms with Crippen molar-refractivity contribution in [3.8, 4) is 0 Å². The zero-order valence-corrected chi connectivity index (χ0v) is 19.2. The highest BCUT2D eigenvalue weighted by molar-refractivity contribution is 5.38. The van der Waals surface area contributed by atoms with Gasteiger partial charge in [-0.3, -0.25) is 0 Å². The summed E-state index contributed by atoms with van der Waals surface area (Å²) in [6, 6.07) is 0. The van der Waals surface area contributed by atoms with Crippen molar-refractivity contribution in [1.29, 1.82) is 0 Å². The van der Waals surface area contributed by atoms with Gasteiger partial charge in [-0.2, -0.15) is 0 Å². The van der Waals surface area contributed by atoms with Gasteiger partial charge in [0.25, 0.3) is 0 Å². The first-order chi connectivity index (χ1) is 13.5. The lowest BCUT2D eigenvalue weighted by atomic mass is 9.50. The molecule has 3 heteroatoms. The maximum atomic E-state index is 10.2. The Kier molecular flexibility index (Phi) is 5.58. The van der Waals surface area contributed by atoms with Crippen molar-refractivity contribution in [1.82, 2.24) is 0 Å². The molecule has 29 heavy (non-hydrogen) atoms. The minimum Gasteiger partial charge on any atom is -0.393 e. The van der Waals surface area contributed by atoms with E-state index in [4.69, 9.17) is 4.74 Å². The highest BCUT2D eigenvalue weighted by Gasteiger charge is 2.57. The Balaban J connectivity index is 1.51. The average molecular weight is 403 g/mol. The zero-order chi connectivity index (χ0) is 21.0. The van der Waals surface area contributed by atoms with Gasteiger partial charge < -0.3 is 14.9 Å². The summed E-state index contributed by atoms with van der Waals surface area (Å²) >= 11 is 0. The number of hydrogen-bond donors (Lipinski definition) is 2. The van der Waals surface area contributed by atoms with Crippen LogP contribution in [0.4, 0.5) is 0 Å². The van der Waals surface area contributed by atoms with E-state index >= 15 is 0 Å². The molecule has 4 aliphatic rings. The number of fused-ring (bicyclic) bond motifs is 5. The summed E-state index contributed by atoms with van der Waals surface area (Å²) in [5.41, 5.74) is 3.13. The molecule has 0 aliphatic heterocycles. The van der Waals surface area contributed by atoms with Crippen LogP contribution in [0.3, 0.4) is 0 Å². The highest BCUT2D eigenvalue weighted by Crippen LogP contribution is 2.65. The summed E-state index contributed by atoms with van der Waals surface area (Å²) in [4.78, 5) is 0. The first kappa shape index (κ1) is 21.6. The molecule has 0 radical (unpaired) electrons. The van der Waals surface area contributed by atoms with Gasteiger partial charge in [-0.15, -0.1) is 0 Å². The SMILES string of the molecule is C[C@H](OCCC(C)(C)O)[C@H]1CC[C@H]2C3=CC=C4C[C@@H](O)CC[C@]4(C)[C@H]3CC[C@]12C. The third-order valence-electron chi connectivity index (χ3n) is 9.28. The van der Waals surface area contributed by atoms with Crippen molar-refractivity contribution in [2.45, 2.75) is 104 Å². The zero-order valence-electron chi connectivity index (χ0n) is 19.2. The van der Waals surface area contributed by atoms with Crippen LogP contribution in [0.5, 0.6) is 0 Å². The number of allylic oxidation sites excluding steroid dienone is 3. The Bertz CT molecular complexity index is 687. The van der Waals surface area contributed by atoms with E-state index in [1.807, 2.05) is 13.8 Å². The van der Waals surface area contributed by atoms with Gasteiger partial charge in [-0.25, -0.2) is 0 Å². The summed E-state index contributed by atoms with van der Waals surface area (Å²) in [6.45, 7) is 11.6. The Morgan fingerprint density at radius 3 is 2.59 bits per heavy atom. The van der Waals surface area contributed by atoms with E-state index in [2.05, 4.69) is 32.9 Å². The topological polar surface area (TPSA) is 49.7 Å². The molecule has 0 spiro atoms. The van der Waals surface area contributed by atoms with E-state index in [9.17, 15) is 10.2 Å². The molecule has 0 amide bonds. The Labute approximate surface area is 177 Å². The van der Waals surface area contributed by atoms with Crippen LogP contribution < -0.4 is 0 Å². The predicted octanol–water partition coefficient (Wildman–Crippen LogP) is 5.41. The molecule has 0 unspecified atom stereocenters. The van der Waals surface area contributed by atoms with Gasteiger partial charge in [0, 0.05) is 6.61 Å². The molecule has 4 rings (SSSR count). The van der Waals surface area contributed by atoms with Crippen molar-refractivity contribution in [2.75, 3.05) is 6.61 Å². The van der Waals surface area contributed by atoms with Gasteiger partial charge >= 0.3 is 0 Å². The second kappa shape index (κ2) is 7.50. The number of ether oxygens (including phenoxy) is 1. The molecule has 3 nitrogen and oxygen atoms in total. The quantitative estimate of drug-likeness (QED) is 0.646. The monoisotopic (exact) mass is 402 g/mol. The smallest absolute Gasteiger partial charge is 0.0613 e. The first-order valence-corrected chi connectivity index (χ1v) is 12.0. The van der Waals surface area contributed by atoms with Gasteiger partial charge in [0.05, 0.1) is 17.8 Å². The minimum absolute atomic E-state index is 0.143. The number of aliphatic hydroxyl groups excluding tert-OH is 1. The predicted molar refractivity (Wildman–Crippen MR) is 118 cm³/mol. The lowest BCUT2D eigenvalue weighted by Crippen LogP contribution is -2.47. The summed E-state index contributed by atoms with van der Waals surface area (Å²) in [5.74, 6) is 1.94. The van der Waals surface area contributed by atoms with Crippen molar-refractivity contribution >= 4 is 0 Å². The second-order valence-corrected chi connectivity index (χ2v) is 11.6. The second-order valence-electron chi connectivity index (χ2n) is 11.6. The van der Waals surface area contributed by atoms with Crippen LogP contribution in [0.25, 0.3) is 0 Å². The maximum Gasteiger partial charge on any atom is 0.0613 e. The number of hydrogen-bond acceptors (Lipinski definition) is 3. The van der Waals surface area contributed by atoms with Crippen LogP contribution in [-0.4, -0.2) is 34.6 Å². The van der Waals surface area contributed by atoms with E-state index in [-0.39, 0.29) is 17.6 Å². The number of rotatable bonds is 5. The average Bonchev–Trinajstić information content (AvgIpc) is 2.98. The van der Waals surface area contributed by atoms with Gasteiger partial charge in [0.15, 0.2) is 0 Å². The molecule has 0 heterocycles. The molecule has 4 aliphatic carbocycles. The van der Waals surface area contributed by atoms with Crippen LogP contribution >= 0.6 is 0 Å². The van der Waals surface area contributed by atoms with Crippen molar-refractivity contribution in [3.63, 3.8) is 0 Å². The summed E-state index contributed by atoms with van der Waals surface area (Å²) in [7, 11) is 0. The molecule has 0 aromatic rings. The fourth-order valence-corrected chi connectivity index (χ4v) is 7.41. The van der Waals surface area contributed by atoms with Gasteiger partial charge in [0.2, 0.25) is 0 Å². The Morgan fingerprint density at radius 2 is 1.86 bits per heavy atom. The lowest BCUT2D eigenvalue weighted by Gasteiger charge is -2.55. The third-order valence-corrected chi connectivity index (χ3v) is 9.28. The normalized spacial score (nSPS) is 43.0. The van der Waals surface area contributed by atoms with Gasteiger partial charge in [0.1, 0.15) is 0 Å². The van der Waals surface area contributed by atoms with Crippen LogP contribution in [0.2, 0.25) is 0 Å². The van der Waals surface area contributed by atoms with Crippen molar-refractivity contribution in [2.24, 2.45) is 28.6 Å². The van der Waals surface area contributed by atoms with Crippen LogP contribution in [0, 0.1) is 28.6 Å². The molecule has 2 N–H and O–H groups in total. The fourth-order valence-electron chi connectivity index (χ4n) is 7.41. The summed E-state index contributed by atoms with van der Waals surface area (Å²) < 4.78 is 6.25. The van der Waals surface area contributed by atoms with Crippen LogP contribution in [0.15, 0.2) is 23.3 Å². The van der Waals surface area contributed by atoms with E-state index < -0.39 is 5.60 Å². The summed E-state index contributed by atoms with van der Waals surface area (Å²) in [5, 5.41) is 20.2. The molecule has 7 atom stereocenters. The van der Waals surface area contributed by atoms with E-state index in [0.717, 1.165) is 19.3 Å². The largest absolute Gasteiger partial charge is 0.393 e. The minimum atomic E-state index is -0.653. The molecular weight excluding hydrogens is 360 g/mol. The third kappa shape index (κ3) is 3.77. The highest BCUT2D eigenvalue weighted by atomic mass is 16.5. The lowest BCUT2D eigenvalue weighted by molar-refractivity contribution is -0.0514. The van der Waals surface area contributed by atoms with E-state index in [1.165, 1.54) is 31.3 Å². The van der Waals surface area contributed by atoms with E-state index in [0.29, 0.717) is 36.2 Å². The fraction of sp³-hybridized carbons (Fsp3) is 0.846. The number of aliphatic hydroxyl groups is 2. The Hall–Kier alpha value is -0.640. The first-order valence-electron chi connectivity index (χ1n) is 12.0. The molecule has 3 saturated carbocycles. The van der Waals surface area contributed by atoms with Gasteiger partial charge in [-0.1, -0.05) is 37.1 Å². The van der Waals surface area contributed by atoms with Crippen LogP contribution in [-0.2, 0) is 4.74 Å². The van der Waals surface area contributed by atoms with Crippen molar-refractivity contribution in [3.05, 3.63) is 23.3 Å². The van der Waals surface area contributed by atoms with Gasteiger partial charge in [-0.05, 0) is 101 Å². The molecule has 164 valence electrons. The van der Waals surface area contributed by atoms with Crippen molar-refractivity contribution < 1.29 is 14.9 Å².